The number of rotatable bonds is 6. The molecule has 1 saturated heterocycles. The predicted molar refractivity (Wildman–Crippen MR) is 89.1 cm³/mol. The maximum atomic E-state index is 12.0. The van der Waals surface area contributed by atoms with Crippen molar-refractivity contribution in [3.63, 3.8) is 0 Å². The molecule has 1 aromatic rings. The van der Waals surface area contributed by atoms with Crippen LogP contribution >= 0.6 is 0 Å². The van der Waals surface area contributed by atoms with Gasteiger partial charge in [0.1, 0.15) is 0 Å². The zero-order valence-corrected chi connectivity index (χ0v) is 13.8. The summed E-state index contributed by atoms with van der Waals surface area (Å²) in [4.78, 5) is 14.3. The van der Waals surface area contributed by atoms with Gasteiger partial charge in [0.25, 0.3) is 0 Å². The fourth-order valence-electron chi connectivity index (χ4n) is 2.50. The smallest absolute Gasteiger partial charge is 0.239 e. The average molecular weight is 316 g/mol. The number of carbonyl (C=O) groups excluding carboxylic acids is 1. The van der Waals surface area contributed by atoms with Crippen LogP contribution < -0.4 is 10.6 Å². The fourth-order valence-corrected chi connectivity index (χ4v) is 2.50. The van der Waals surface area contributed by atoms with Crippen LogP contribution in [0.15, 0.2) is 24.3 Å². The molecule has 1 aliphatic heterocycles. The first-order valence-electron chi connectivity index (χ1n) is 7.85. The number of morpholine rings is 1. The van der Waals surface area contributed by atoms with E-state index in [4.69, 9.17) is 10.00 Å². The van der Waals surface area contributed by atoms with Crippen LogP contribution in [0.1, 0.15) is 19.4 Å². The van der Waals surface area contributed by atoms with Crippen molar-refractivity contribution < 1.29 is 9.53 Å². The minimum Gasteiger partial charge on any atom is -0.379 e. The van der Waals surface area contributed by atoms with Crippen molar-refractivity contribution in [1.82, 2.24) is 10.2 Å². The molecule has 0 atom stereocenters. The quantitative estimate of drug-likeness (QED) is 0.824. The van der Waals surface area contributed by atoms with Crippen LogP contribution in [0.5, 0.6) is 0 Å². The van der Waals surface area contributed by atoms with E-state index in [2.05, 4.69) is 35.5 Å². The molecule has 0 unspecified atom stereocenters. The Morgan fingerprint density at radius 3 is 2.57 bits per heavy atom. The van der Waals surface area contributed by atoms with Crippen molar-refractivity contribution in [1.29, 1.82) is 5.26 Å². The molecule has 0 radical (unpaired) electrons. The fraction of sp³-hybridized carbons (Fsp3) is 0.529. The number of amides is 1. The van der Waals surface area contributed by atoms with Gasteiger partial charge in [-0.2, -0.15) is 5.26 Å². The molecule has 23 heavy (non-hydrogen) atoms. The maximum Gasteiger partial charge on any atom is 0.239 e. The van der Waals surface area contributed by atoms with Crippen molar-refractivity contribution in [2.75, 3.05) is 44.7 Å². The van der Waals surface area contributed by atoms with Crippen LogP contribution in [0.2, 0.25) is 0 Å². The van der Waals surface area contributed by atoms with E-state index in [9.17, 15) is 4.79 Å². The standard InChI is InChI=1S/C17H24N4O2/c1-17(2,21-7-9-23-10-8-21)13-20-16(22)12-19-15-5-3-14(11-18)4-6-15/h3-6,19H,7-10,12-13H2,1-2H3,(H,20,22). The van der Waals surface area contributed by atoms with E-state index in [-0.39, 0.29) is 18.0 Å². The van der Waals surface area contributed by atoms with E-state index >= 15 is 0 Å². The van der Waals surface area contributed by atoms with Gasteiger partial charge in [-0.25, -0.2) is 0 Å². The summed E-state index contributed by atoms with van der Waals surface area (Å²) in [7, 11) is 0. The highest BCUT2D eigenvalue weighted by Gasteiger charge is 2.28. The van der Waals surface area contributed by atoms with Crippen molar-refractivity contribution in [3.8, 4) is 6.07 Å². The molecule has 2 rings (SSSR count). The number of hydrogen-bond acceptors (Lipinski definition) is 5. The molecule has 1 fully saturated rings. The second-order valence-corrected chi connectivity index (χ2v) is 6.23. The molecule has 1 amide bonds. The van der Waals surface area contributed by atoms with Crippen molar-refractivity contribution in [2.24, 2.45) is 0 Å². The molecule has 6 heteroatoms. The van der Waals surface area contributed by atoms with E-state index in [0.717, 1.165) is 32.0 Å². The highest BCUT2D eigenvalue weighted by atomic mass is 16.5. The second-order valence-electron chi connectivity index (χ2n) is 6.23. The Morgan fingerprint density at radius 1 is 1.30 bits per heavy atom. The number of nitrogens with one attached hydrogen (secondary N) is 2. The number of nitriles is 1. The van der Waals surface area contributed by atoms with Crippen LogP contribution in [0.25, 0.3) is 0 Å². The summed E-state index contributed by atoms with van der Waals surface area (Å²) in [5.41, 5.74) is 1.34. The Balaban J connectivity index is 1.74. The number of carbonyl (C=O) groups is 1. The van der Waals surface area contributed by atoms with Crippen LogP contribution in [-0.2, 0) is 9.53 Å². The molecule has 0 saturated carbocycles. The van der Waals surface area contributed by atoms with E-state index in [1.807, 2.05) is 0 Å². The Hall–Kier alpha value is -2.10. The summed E-state index contributed by atoms with van der Waals surface area (Å²) in [5.74, 6) is -0.0457. The molecule has 124 valence electrons. The van der Waals surface area contributed by atoms with Gasteiger partial charge in [-0.05, 0) is 38.1 Å². The summed E-state index contributed by atoms with van der Waals surface area (Å²) >= 11 is 0. The third-order valence-electron chi connectivity index (χ3n) is 4.05. The van der Waals surface area contributed by atoms with Gasteiger partial charge < -0.3 is 15.4 Å². The van der Waals surface area contributed by atoms with Gasteiger partial charge in [0, 0.05) is 30.9 Å². The number of anilines is 1. The van der Waals surface area contributed by atoms with Crippen LogP contribution in [0, 0.1) is 11.3 Å². The van der Waals surface area contributed by atoms with Crippen LogP contribution in [0.3, 0.4) is 0 Å². The average Bonchev–Trinajstić information content (AvgIpc) is 2.59. The molecular weight excluding hydrogens is 292 g/mol. The molecule has 0 bridgehead atoms. The Labute approximate surface area is 137 Å². The first kappa shape index (κ1) is 17.3. The topological polar surface area (TPSA) is 77.4 Å². The number of nitrogens with zero attached hydrogens (tertiary/aromatic N) is 2. The molecule has 1 aliphatic rings. The first-order valence-corrected chi connectivity index (χ1v) is 7.85. The van der Waals surface area contributed by atoms with Crippen molar-refractivity contribution in [3.05, 3.63) is 29.8 Å². The van der Waals surface area contributed by atoms with Crippen molar-refractivity contribution in [2.45, 2.75) is 19.4 Å². The van der Waals surface area contributed by atoms with Gasteiger partial charge in [0.15, 0.2) is 0 Å². The number of ether oxygens (including phenoxy) is 1. The molecule has 0 aliphatic carbocycles. The zero-order chi connectivity index (χ0) is 16.7. The molecular formula is C17H24N4O2. The van der Waals surface area contributed by atoms with Gasteiger partial charge in [-0.3, -0.25) is 9.69 Å². The molecule has 1 aromatic carbocycles. The lowest BCUT2D eigenvalue weighted by Crippen LogP contribution is -2.55. The molecule has 2 N–H and O–H groups in total. The highest BCUT2D eigenvalue weighted by molar-refractivity contribution is 5.80. The summed E-state index contributed by atoms with van der Waals surface area (Å²) < 4.78 is 5.37. The third kappa shape index (κ3) is 5.23. The van der Waals surface area contributed by atoms with Gasteiger partial charge in [-0.15, -0.1) is 0 Å². The lowest BCUT2D eigenvalue weighted by atomic mass is 10.0. The molecule has 6 nitrogen and oxygen atoms in total. The first-order chi connectivity index (χ1) is 11.0. The third-order valence-corrected chi connectivity index (χ3v) is 4.05. The van der Waals surface area contributed by atoms with E-state index in [1.54, 1.807) is 24.3 Å². The number of benzene rings is 1. The van der Waals surface area contributed by atoms with E-state index in [0.29, 0.717) is 12.1 Å². The Morgan fingerprint density at radius 2 is 1.96 bits per heavy atom. The molecule has 0 aromatic heterocycles. The summed E-state index contributed by atoms with van der Waals surface area (Å²) in [6.45, 7) is 8.36. The van der Waals surface area contributed by atoms with Gasteiger partial charge in [-0.1, -0.05) is 0 Å². The second kappa shape index (κ2) is 7.95. The maximum absolute atomic E-state index is 12.0. The normalized spacial score (nSPS) is 15.7. The minimum atomic E-state index is -0.0894. The van der Waals surface area contributed by atoms with E-state index in [1.165, 1.54) is 0 Å². The van der Waals surface area contributed by atoms with Gasteiger partial charge in [0.05, 0.1) is 31.4 Å². The van der Waals surface area contributed by atoms with Gasteiger partial charge in [0.2, 0.25) is 5.91 Å². The largest absolute Gasteiger partial charge is 0.379 e. The molecule has 0 spiro atoms. The highest BCUT2D eigenvalue weighted by Crippen LogP contribution is 2.15. The SMILES string of the molecule is CC(C)(CNC(=O)CNc1ccc(C#N)cc1)N1CCOCC1. The lowest BCUT2D eigenvalue weighted by molar-refractivity contribution is -0.120. The monoisotopic (exact) mass is 316 g/mol. The summed E-state index contributed by atoms with van der Waals surface area (Å²) in [5, 5.41) is 14.8. The lowest BCUT2D eigenvalue weighted by Gasteiger charge is -2.40. The Kier molecular flexibility index (Phi) is 5.97. The minimum absolute atomic E-state index is 0.0457. The molecule has 1 heterocycles. The van der Waals surface area contributed by atoms with Gasteiger partial charge >= 0.3 is 0 Å². The number of hydrogen-bond donors (Lipinski definition) is 2. The summed E-state index contributed by atoms with van der Waals surface area (Å²) in [6, 6.07) is 9.10. The Bertz CT molecular complexity index is 557. The van der Waals surface area contributed by atoms with Crippen LogP contribution in [-0.4, -0.2) is 55.7 Å². The van der Waals surface area contributed by atoms with Crippen LogP contribution in [0.4, 0.5) is 5.69 Å². The van der Waals surface area contributed by atoms with E-state index < -0.39 is 0 Å². The predicted octanol–water partition coefficient (Wildman–Crippen LogP) is 1.20. The van der Waals surface area contributed by atoms with Crippen molar-refractivity contribution >= 4 is 11.6 Å². The zero-order valence-electron chi connectivity index (χ0n) is 13.8. The summed E-state index contributed by atoms with van der Waals surface area (Å²) in [6.07, 6.45) is 0.